The van der Waals surface area contributed by atoms with Crippen molar-refractivity contribution in [2.75, 3.05) is 11.1 Å². The van der Waals surface area contributed by atoms with E-state index < -0.39 is 0 Å². The molecule has 2 aromatic heterocycles. The van der Waals surface area contributed by atoms with Crippen molar-refractivity contribution in [2.24, 2.45) is 0 Å². The van der Waals surface area contributed by atoms with E-state index in [2.05, 4.69) is 15.3 Å². The van der Waals surface area contributed by atoms with Gasteiger partial charge in [-0.1, -0.05) is 47.1 Å². The zero-order valence-electron chi connectivity index (χ0n) is 12.2. The summed E-state index contributed by atoms with van der Waals surface area (Å²) in [5.41, 5.74) is 1.59. The highest BCUT2D eigenvalue weighted by atomic mass is 35.5. The third-order valence-corrected chi connectivity index (χ3v) is 5.40. The van der Waals surface area contributed by atoms with Crippen LogP contribution in [0.2, 0.25) is 10.0 Å². The second-order valence-corrected chi connectivity index (χ2v) is 7.34. The van der Waals surface area contributed by atoms with E-state index >= 15 is 0 Å². The molecule has 0 fully saturated rings. The quantitative estimate of drug-likeness (QED) is 0.599. The Hall–Kier alpha value is -1.60. The van der Waals surface area contributed by atoms with Gasteiger partial charge in [0.15, 0.2) is 5.13 Å². The number of halogens is 2. The SMILES string of the molecule is O=C(CSc1ccccn1)Nc1nc(-c2ccc(Cl)c(Cl)c2)cs1. The van der Waals surface area contributed by atoms with Crippen LogP contribution in [0.3, 0.4) is 0 Å². The maximum atomic E-state index is 12.0. The van der Waals surface area contributed by atoms with E-state index in [9.17, 15) is 4.79 Å². The van der Waals surface area contributed by atoms with Crippen LogP contribution in [0.15, 0.2) is 53.0 Å². The highest BCUT2D eigenvalue weighted by Crippen LogP contribution is 2.30. The van der Waals surface area contributed by atoms with Gasteiger partial charge in [0.1, 0.15) is 0 Å². The molecule has 0 aliphatic heterocycles. The Kier molecular flexibility index (Phi) is 5.73. The lowest BCUT2D eigenvalue weighted by Crippen LogP contribution is -2.13. The molecule has 0 radical (unpaired) electrons. The van der Waals surface area contributed by atoms with Gasteiger partial charge in [-0.05, 0) is 24.3 Å². The van der Waals surface area contributed by atoms with Crippen LogP contribution in [-0.4, -0.2) is 21.6 Å². The molecule has 1 N–H and O–H groups in total. The largest absolute Gasteiger partial charge is 0.301 e. The number of thiazole rings is 1. The first-order valence-corrected chi connectivity index (χ1v) is 9.48. The van der Waals surface area contributed by atoms with Crippen molar-refractivity contribution >= 4 is 57.3 Å². The average Bonchev–Trinajstić information content (AvgIpc) is 3.05. The maximum Gasteiger partial charge on any atom is 0.236 e. The van der Waals surface area contributed by atoms with E-state index in [4.69, 9.17) is 23.2 Å². The van der Waals surface area contributed by atoms with E-state index in [1.165, 1.54) is 23.1 Å². The predicted molar refractivity (Wildman–Crippen MR) is 101 cm³/mol. The van der Waals surface area contributed by atoms with Crippen LogP contribution in [0.1, 0.15) is 0 Å². The van der Waals surface area contributed by atoms with Gasteiger partial charge in [0.2, 0.25) is 5.91 Å². The summed E-state index contributed by atoms with van der Waals surface area (Å²) in [6.45, 7) is 0. The zero-order chi connectivity index (χ0) is 16.9. The second kappa shape index (κ2) is 7.98. The van der Waals surface area contributed by atoms with Crippen molar-refractivity contribution in [3.8, 4) is 11.3 Å². The molecule has 4 nitrogen and oxygen atoms in total. The molecule has 0 saturated heterocycles. The first-order chi connectivity index (χ1) is 11.6. The van der Waals surface area contributed by atoms with Crippen molar-refractivity contribution < 1.29 is 4.79 Å². The summed E-state index contributed by atoms with van der Waals surface area (Å²) in [5.74, 6) is 0.152. The molecule has 8 heteroatoms. The molecule has 2 heterocycles. The number of rotatable bonds is 5. The fourth-order valence-electron chi connectivity index (χ4n) is 1.85. The summed E-state index contributed by atoms with van der Waals surface area (Å²) in [6, 6.07) is 10.9. The highest BCUT2D eigenvalue weighted by molar-refractivity contribution is 7.99. The molecule has 0 unspecified atom stereocenters. The van der Waals surface area contributed by atoms with Crippen LogP contribution in [0.25, 0.3) is 11.3 Å². The van der Waals surface area contributed by atoms with Gasteiger partial charge < -0.3 is 5.32 Å². The van der Waals surface area contributed by atoms with Gasteiger partial charge in [-0.15, -0.1) is 11.3 Å². The van der Waals surface area contributed by atoms with E-state index in [-0.39, 0.29) is 11.7 Å². The molecular weight excluding hydrogens is 385 g/mol. The van der Waals surface area contributed by atoms with Gasteiger partial charge in [-0.3, -0.25) is 4.79 Å². The molecule has 24 heavy (non-hydrogen) atoms. The number of amides is 1. The van der Waals surface area contributed by atoms with Gasteiger partial charge in [0.05, 0.1) is 26.5 Å². The number of carbonyl (C=O) groups excluding carboxylic acids is 1. The van der Waals surface area contributed by atoms with Crippen molar-refractivity contribution in [2.45, 2.75) is 5.03 Å². The standard InChI is InChI=1S/C16H11Cl2N3OS2/c17-11-5-4-10(7-12(11)18)13-8-24-16(20-13)21-14(22)9-23-15-3-1-2-6-19-15/h1-8H,9H2,(H,20,21,22). The third-order valence-electron chi connectivity index (χ3n) is 2.95. The van der Waals surface area contributed by atoms with Crippen molar-refractivity contribution in [3.63, 3.8) is 0 Å². The molecule has 1 amide bonds. The predicted octanol–water partition coefficient (Wildman–Crippen LogP) is 5.24. The monoisotopic (exact) mass is 395 g/mol. The molecule has 3 aromatic rings. The maximum absolute atomic E-state index is 12.0. The Balaban J connectivity index is 1.61. The number of anilines is 1. The topological polar surface area (TPSA) is 54.9 Å². The number of pyridine rings is 1. The van der Waals surface area contributed by atoms with Crippen molar-refractivity contribution in [1.29, 1.82) is 0 Å². The van der Waals surface area contributed by atoms with Crippen molar-refractivity contribution in [3.05, 3.63) is 58.0 Å². The molecule has 122 valence electrons. The fourth-order valence-corrected chi connectivity index (χ4v) is 3.54. The second-order valence-electron chi connectivity index (χ2n) is 4.67. The Labute approximate surface area is 157 Å². The van der Waals surface area contributed by atoms with E-state index in [1.807, 2.05) is 29.6 Å². The molecule has 0 aliphatic rings. The minimum Gasteiger partial charge on any atom is -0.301 e. The summed E-state index contributed by atoms with van der Waals surface area (Å²) < 4.78 is 0. The molecule has 3 rings (SSSR count). The molecule has 0 atom stereocenters. The Morgan fingerprint density at radius 1 is 1.21 bits per heavy atom. The molecule has 0 bridgehead atoms. The minimum absolute atomic E-state index is 0.124. The van der Waals surface area contributed by atoms with E-state index in [0.717, 1.165) is 16.3 Å². The number of benzene rings is 1. The number of aromatic nitrogens is 2. The number of nitrogens with one attached hydrogen (secondary N) is 1. The highest BCUT2D eigenvalue weighted by Gasteiger charge is 2.10. The number of nitrogens with zero attached hydrogens (tertiary/aromatic N) is 2. The van der Waals surface area contributed by atoms with Crippen LogP contribution in [0.4, 0.5) is 5.13 Å². The van der Waals surface area contributed by atoms with Crippen LogP contribution in [-0.2, 0) is 4.79 Å². The summed E-state index contributed by atoms with van der Waals surface area (Å²) in [6.07, 6.45) is 1.70. The van der Waals surface area contributed by atoms with Crippen LogP contribution >= 0.6 is 46.3 Å². The molecule has 0 spiro atoms. The van der Waals surface area contributed by atoms with Crippen LogP contribution < -0.4 is 5.32 Å². The molecule has 0 aliphatic carbocycles. The van der Waals surface area contributed by atoms with Gasteiger partial charge >= 0.3 is 0 Å². The van der Waals surface area contributed by atoms with Crippen molar-refractivity contribution in [1.82, 2.24) is 9.97 Å². The normalized spacial score (nSPS) is 10.6. The summed E-state index contributed by atoms with van der Waals surface area (Å²) >= 11 is 14.7. The lowest BCUT2D eigenvalue weighted by molar-refractivity contribution is -0.113. The van der Waals surface area contributed by atoms with Crippen LogP contribution in [0.5, 0.6) is 0 Å². The first kappa shape index (κ1) is 17.2. The van der Waals surface area contributed by atoms with Gasteiger partial charge in [-0.2, -0.15) is 0 Å². The van der Waals surface area contributed by atoms with Gasteiger partial charge in [0, 0.05) is 17.1 Å². The first-order valence-electron chi connectivity index (χ1n) is 6.86. The molecular formula is C16H11Cl2N3OS2. The summed E-state index contributed by atoms with van der Waals surface area (Å²) in [4.78, 5) is 20.6. The Morgan fingerprint density at radius 2 is 2.08 bits per heavy atom. The lowest BCUT2D eigenvalue weighted by atomic mass is 10.2. The van der Waals surface area contributed by atoms with Gasteiger partial charge in [0.25, 0.3) is 0 Å². The smallest absolute Gasteiger partial charge is 0.236 e. The number of carbonyl (C=O) groups is 1. The molecule has 1 aromatic carbocycles. The number of hydrogen-bond acceptors (Lipinski definition) is 5. The number of hydrogen-bond donors (Lipinski definition) is 1. The van der Waals surface area contributed by atoms with E-state index in [1.54, 1.807) is 18.3 Å². The summed E-state index contributed by atoms with van der Waals surface area (Å²) in [7, 11) is 0. The lowest BCUT2D eigenvalue weighted by Gasteiger charge is -2.02. The number of thioether (sulfide) groups is 1. The van der Waals surface area contributed by atoms with Crippen LogP contribution in [0, 0.1) is 0 Å². The molecule has 0 saturated carbocycles. The zero-order valence-corrected chi connectivity index (χ0v) is 15.3. The van der Waals surface area contributed by atoms with Gasteiger partial charge in [-0.25, -0.2) is 9.97 Å². The minimum atomic E-state index is -0.124. The Morgan fingerprint density at radius 3 is 2.83 bits per heavy atom. The third kappa shape index (κ3) is 4.48. The average molecular weight is 396 g/mol. The van der Waals surface area contributed by atoms with E-state index in [0.29, 0.717) is 15.2 Å². The summed E-state index contributed by atoms with van der Waals surface area (Å²) in [5, 5.41) is 6.97. The Bertz CT molecular complexity index is 856. The fraction of sp³-hybridized carbons (Fsp3) is 0.0625.